The van der Waals surface area contributed by atoms with Gasteiger partial charge in [-0.1, -0.05) is 13.8 Å². The molecule has 0 bridgehead atoms. The molecule has 1 aliphatic rings. The number of urea groups is 1. The van der Waals surface area contributed by atoms with Crippen molar-refractivity contribution >= 4 is 27.6 Å². The Morgan fingerprint density at radius 2 is 1.96 bits per heavy atom. The van der Waals surface area contributed by atoms with Gasteiger partial charge in [-0.25, -0.2) is 9.59 Å². The molecule has 3 rings (SSSR count). The molecule has 1 N–H and O–H groups in total. The molecule has 2 aromatic rings. The van der Waals surface area contributed by atoms with Crippen molar-refractivity contribution < 1.29 is 9.53 Å². The van der Waals surface area contributed by atoms with E-state index in [1.54, 1.807) is 16.6 Å². The van der Waals surface area contributed by atoms with Gasteiger partial charge in [0, 0.05) is 31.6 Å². The molecule has 0 spiro atoms. The van der Waals surface area contributed by atoms with Crippen molar-refractivity contribution in [2.24, 2.45) is 5.92 Å². The molecule has 27 heavy (non-hydrogen) atoms. The third-order valence-corrected chi connectivity index (χ3v) is 6.04. The zero-order chi connectivity index (χ0) is 19.7. The van der Waals surface area contributed by atoms with Gasteiger partial charge in [0.05, 0.1) is 25.1 Å². The summed E-state index contributed by atoms with van der Waals surface area (Å²) in [5, 5.41) is 3.36. The van der Waals surface area contributed by atoms with Crippen LogP contribution in [0.25, 0.3) is 10.2 Å². The van der Waals surface area contributed by atoms with Crippen LogP contribution in [0, 0.1) is 12.8 Å². The highest BCUT2D eigenvalue weighted by Crippen LogP contribution is 2.29. The Bertz CT molecular complexity index is 972. The summed E-state index contributed by atoms with van der Waals surface area (Å²) in [4.78, 5) is 41.3. The largest absolute Gasteiger partial charge is 0.383 e. The molecule has 148 valence electrons. The Morgan fingerprint density at radius 1 is 1.22 bits per heavy atom. The normalized spacial score (nSPS) is 14.6. The lowest BCUT2D eigenvalue weighted by molar-refractivity contribution is 0.186. The smallest absolute Gasteiger partial charge is 0.332 e. The molecule has 0 unspecified atom stereocenters. The van der Waals surface area contributed by atoms with Crippen molar-refractivity contribution in [1.82, 2.24) is 19.4 Å². The summed E-state index contributed by atoms with van der Waals surface area (Å²) in [6.07, 6.45) is 0. The second kappa shape index (κ2) is 7.85. The number of fused-ring (bicyclic) bond motifs is 1. The average Bonchev–Trinajstić information content (AvgIpc) is 3.16. The van der Waals surface area contributed by atoms with Crippen LogP contribution in [0.5, 0.6) is 0 Å². The van der Waals surface area contributed by atoms with E-state index in [4.69, 9.17) is 4.74 Å². The molecular weight excluding hydrogens is 368 g/mol. The van der Waals surface area contributed by atoms with Gasteiger partial charge in [-0.3, -0.25) is 13.9 Å². The fourth-order valence-electron chi connectivity index (χ4n) is 3.33. The number of hydrogen-bond acceptors (Lipinski definition) is 5. The molecule has 2 aromatic heterocycles. The van der Waals surface area contributed by atoms with Crippen LogP contribution < -0.4 is 16.6 Å². The molecule has 2 amide bonds. The maximum absolute atomic E-state index is 13.1. The molecule has 1 fully saturated rings. The molecule has 0 aromatic carbocycles. The number of rotatable bonds is 7. The number of nitrogens with zero attached hydrogens (tertiary/aromatic N) is 3. The molecular formula is C18H26N4O4S. The second-order valence-electron chi connectivity index (χ2n) is 7.22. The van der Waals surface area contributed by atoms with Crippen LogP contribution in [0.1, 0.15) is 24.3 Å². The van der Waals surface area contributed by atoms with Crippen LogP contribution in [-0.4, -0.2) is 46.9 Å². The predicted octanol–water partition coefficient (Wildman–Crippen LogP) is 1.36. The van der Waals surface area contributed by atoms with Gasteiger partial charge in [0.1, 0.15) is 4.83 Å². The Morgan fingerprint density at radius 3 is 2.56 bits per heavy atom. The van der Waals surface area contributed by atoms with Crippen LogP contribution in [-0.2, 0) is 24.4 Å². The number of ether oxygens (including phenoxy) is 1. The molecule has 0 radical (unpaired) electrons. The van der Waals surface area contributed by atoms with E-state index < -0.39 is 0 Å². The maximum Gasteiger partial charge on any atom is 0.332 e. The van der Waals surface area contributed by atoms with Gasteiger partial charge < -0.3 is 15.0 Å². The lowest BCUT2D eigenvalue weighted by Crippen LogP contribution is -2.41. The van der Waals surface area contributed by atoms with E-state index in [9.17, 15) is 14.4 Å². The second-order valence-corrected chi connectivity index (χ2v) is 8.30. The van der Waals surface area contributed by atoms with Gasteiger partial charge in [0.15, 0.2) is 0 Å². The summed E-state index contributed by atoms with van der Waals surface area (Å²) < 4.78 is 8.12. The topological polar surface area (TPSA) is 85.6 Å². The lowest BCUT2D eigenvalue weighted by atomic mass is 10.2. The molecule has 0 aliphatic carbocycles. The molecule has 8 nitrogen and oxygen atoms in total. The van der Waals surface area contributed by atoms with Gasteiger partial charge in [0.2, 0.25) is 0 Å². The van der Waals surface area contributed by atoms with E-state index in [-0.39, 0.29) is 23.2 Å². The van der Waals surface area contributed by atoms with Gasteiger partial charge in [-0.15, -0.1) is 11.3 Å². The lowest BCUT2D eigenvalue weighted by Gasteiger charge is -2.13. The highest BCUT2D eigenvalue weighted by molar-refractivity contribution is 7.18. The van der Waals surface area contributed by atoms with E-state index >= 15 is 0 Å². The standard InChI is InChI=1S/C18H26N4O4S/c1-11(2)9-22-15(23)14-12(3)13(10-20-6-5-19-17(20)24)27-16(14)21(18(22)25)7-8-26-4/h11H,5-10H2,1-4H3,(H,19,24). The Labute approximate surface area is 161 Å². The highest BCUT2D eigenvalue weighted by Gasteiger charge is 2.24. The van der Waals surface area contributed by atoms with E-state index in [1.165, 1.54) is 15.9 Å². The monoisotopic (exact) mass is 394 g/mol. The minimum Gasteiger partial charge on any atom is -0.383 e. The number of aromatic nitrogens is 2. The van der Waals surface area contributed by atoms with E-state index in [2.05, 4.69) is 5.32 Å². The zero-order valence-corrected chi connectivity index (χ0v) is 17.0. The third-order valence-electron chi connectivity index (χ3n) is 4.74. The van der Waals surface area contributed by atoms with Crippen LogP contribution in [0.15, 0.2) is 9.59 Å². The van der Waals surface area contributed by atoms with E-state index in [1.807, 2.05) is 20.8 Å². The van der Waals surface area contributed by atoms with Gasteiger partial charge in [0.25, 0.3) is 5.56 Å². The number of carbonyl (C=O) groups is 1. The highest BCUT2D eigenvalue weighted by atomic mass is 32.1. The molecule has 1 saturated heterocycles. The summed E-state index contributed by atoms with van der Waals surface area (Å²) in [6, 6.07) is -0.0964. The minimum absolute atomic E-state index is 0.0964. The maximum atomic E-state index is 13.1. The Balaban J connectivity index is 2.18. The van der Waals surface area contributed by atoms with Crippen LogP contribution in [0.4, 0.5) is 4.79 Å². The molecule has 1 aliphatic heterocycles. The van der Waals surface area contributed by atoms with Crippen molar-refractivity contribution in [1.29, 1.82) is 0 Å². The zero-order valence-electron chi connectivity index (χ0n) is 16.2. The number of carbonyl (C=O) groups excluding carboxylic acids is 1. The fourth-order valence-corrected chi connectivity index (χ4v) is 4.66. The quantitative estimate of drug-likeness (QED) is 0.768. The number of amides is 2. The number of thiophene rings is 1. The minimum atomic E-state index is -0.301. The Hall–Kier alpha value is -2.13. The molecule has 0 atom stereocenters. The first-order chi connectivity index (χ1) is 12.8. The van der Waals surface area contributed by atoms with Crippen LogP contribution in [0.2, 0.25) is 0 Å². The first-order valence-electron chi connectivity index (χ1n) is 9.12. The fraction of sp³-hybridized carbons (Fsp3) is 0.611. The SMILES string of the molecule is COCCn1c(=O)n(CC(C)C)c(=O)c2c(C)c(CN3CCNC3=O)sc21. The third kappa shape index (κ3) is 3.66. The van der Waals surface area contributed by atoms with Crippen molar-refractivity contribution in [2.75, 3.05) is 26.8 Å². The number of aryl methyl sites for hydroxylation is 1. The molecule has 3 heterocycles. The van der Waals surface area contributed by atoms with E-state index in [0.29, 0.717) is 49.5 Å². The summed E-state index contributed by atoms with van der Waals surface area (Å²) in [5.41, 5.74) is 0.302. The summed E-state index contributed by atoms with van der Waals surface area (Å²) in [6.45, 7) is 8.71. The molecule has 9 heteroatoms. The summed E-state index contributed by atoms with van der Waals surface area (Å²) in [5.74, 6) is 0.176. The van der Waals surface area contributed by atoms with Crippen molar-refractivity contribution in [2.45, 2.75) is 40.4 Å². The van der Waals surface area contributed by atoms with Gasteiger partial charge in [-0.05, 0) is 18.4 Å². The molecule has 0 saturated carbocycles. The first-order valence-corrected chi connectivity index (χ1v) is 9.94. The predicted molar refractivity (Wildman–Crippen MR) is 106 cm³/mol. The van der Waals surface area contributed by atoms with Gasteiger partial charge >= 0.3 is 11.7 Å². The average molecular weight is 394 g/mol. The number of methoxy groups -OCH3 is 1. The first kappa shape index (κ1) is 19.6. The van der Waals surface area contributed by atoms with Crippen molar-refractivity contribution in [3.63, 3.8) is 0 Å². The van der Waals surface area contributed by atoms with Crippen molar-refractivity contribution in [3.8, 4) is 0 Å². The summed E-state index contributed by atoms with van der Waals surface area (Å²) >= 11 is 1.42. The number of hydrogen-bond donors (Lipinski definition) is 1. The van der Waals surface area contributed by atoms with Crippen molar-refractivity contribution in [3.05, 3.63) is 31.3 Å². The van der Waals surface area contributed by atoms with Crippen LogP contribution >= 0.6 is 11.3 Å². The summed E-state index contributed by atoms with van der Waals surface area (Å²) in [7, 11) is 1.59. The Kier molecular flexibility index (Phi) is 5.71. The van der Waals surface area contributed by atoms with E-state index in [0.717, 1.165) is 10.4 Å². The number of nitrogens with one attached hydrogen (secondary N) is 1. The van der Waals surface area contributed by atoms with Gasteiger partial charge in [-0.2, -0.15) is 0 Å². The van der Waals surface area contributed by atoms with Crippen LogP contribution in [0.3, 0.4) is 0 Å².